The van der Waals surface area contributed by atoms with Gasteiger partial charge in [-0.15, -0.1) is 0 Å². The van der Waals surface area contributed by atoms with Crippen LogP contribution < -0.4 is 16.1 Å². The average Bonchev–Trinajstić information content (AvgIpc) is 2.92. The molecule has 3 aliphatic heterocycles. The molecule has 0 radical (unpaired) electrons. The summed E-state index contributed by atoms with van der Waals surface area (Å²) in [6.45, 7) is 3.08. The molecule has 0 amide bonds. The summed E-state index contributed by atoms with van der Waals surface area (Å²) in [4.78, 5) is 0. The first-order valence-electron chi connectivity index (χ1n) is 6.33. The SMILES string of the molecule is CN1NC(C#N)C2NCC(C3=CCCNC3)C21. The molecule has 0 aromatic carbocycles. The second-order valence-corrected chi connectivity index (χ2v) is 5.12. The number of nitriles is 1. The van der Waals surface area contributed by atoms with E-state index in [2.05, 4.69) is 33.2 Å². The lowest BCUT2D eigenvalue weighted by Crippen LogP contribution is -2.41. The Hall–Kier alpha value is -0.930. The van der Waals surface area contributed by atoms with Crippen molar-refractivity contribution in [1.29, 1.82) is 5.26 Å². The van der Waals surface area contributed by atoms with Gasteiger partial charge in [-0.3, -0.25) is 0 Å². The number of hydrazine groups is 1. The summed E-state index contributed by atoms with van der Waals surface area (Å²) in [5.41, 5.74) is 4.74. The quantitative estimate of drug-likeness (QED) is 0.518. The third-order valence-corrected chi connectivity index (χ3v) is 4.17. The van der Waals surface area contributed by atoms with Crippen molar-refractivity contribution in [3.8, 4) is 6.07 Å². The molecule has 0 aromatic rings. The fourth-order valence-electron chi connectivity index (χ4n) is 3.37. The fourth-order valence-corrected chi connectivity index (χ4v) is 3.37. The summed E-state index contributed by atoms with van der Waals surface area (Å²) in [6, 6.07) is 2.92. The third-order valence-electron chi connectivity index (χ3n) is 4.17. The lowest BCUT2D eigenvalue weighted by molar-refractivity contribution is 0.203. The van der Waals surface area contributed by atoms with E-state index in [-0.39, 0.29) is 12.1 Å². The summed E-state index contributed by atoms with van der Waals surface area (Å²) < 4.78 is 0. The van der Waals surface area contributed by atoms with Gasteiger partial charge in [-0.2, -0.15) is 5.26 Å². The second-order valence-electron chi connectivity index (χ2n) is 5.12. The van der Waals surface area contributed by atoms with Gasteiger partial charge in [0, 0.05) is 32.1 Å². The molecular formula is C12H19N5. The van der Waals surface area contributed by atoms with Crippen LogP contribution in [-0.2, 0) is 0 Å². The Morgan fingerprint density at radius 1 is 1.53 bits per heavy atom. The number of fused-ring (bicyclic) bond motifs is 1. The van der Waals surface area contributed by atoms with Crippen LogP contribution in [0.2, 0.25) is 0 Å². The lowest BCUT2D eigenvalue weighted by atomic mass is 9.88. The van der Waals surface area contributed by atoms with Crippen LogP contribution in [0.25, 0.3) is 0 Å². The molecule has 2 fully saturated rings. The first kappa shape index (κ1) is 11.2. The maximum absolute atomic E-state index is 9.12. The minimum absolute atomic E-state index is 0.0906. The molecule has 0 aromatic heterocycles. The van der Waals surface area contributed by atoms with Crippen molar-refractivity contribution in [3.63, 3.8) is 0 Å². The molecule has 3 heterocycles. The number of nitrogens with one attached hydrogen (secondary N) is 3. The van der Waals surface area contributed by atoms with Gasteiger partial charge in [0.25, 0.3) is 0 Å². The molecule has 3 N–H and O–H groups in total. The van der Waals surface area contributed by atoms with E-state index in [9.17, 15) is 0 Å². The highest BCUT2D eigenvalue weighted by atomic mass is 15.6. The molecular weight excluding hydrogens is 214 g/mol. The molecule has 2 saturated heterocycles. The summed E-state index contributed by atoms with van der Waals surface area (Å²) in [7, 11) is 2.05. The number of likely N-dealkylation sites (N-methyl/N-ethyl adjacent to an activating group) is 1. The predicted octanol–water partition coefficient (Wildman–Crippen LogP) is -0.795. The van der Waals surface area contributed by atoms with Gasteiger partial charge in [0.2, 0.25) is 0 Å². The van der Waals surface area contributed by atoms with Gasteiger partial charge >= 0.3 is 0 Å². The molecule has 3 rings (SSSR count). The number of rotatable bonds is 1. The topological polar surface area (TPSA) is 63.1 Å². The average molecular weight is 233 g/mol. The Kier molecular flexibility index (Phi) is 2.89. The maximum Gasteiger partial charge on any atom is 0.125 e. The van der Waals surface area contributed by atoms with Crippen LogP contribution in [0, 0.1) is 17.2 Å². The highest BCUT2D eigenvalue weighted by Gasteiger charge is 2.49. The van der Waals surface area contributed by atoms with Gasteiger partial charge in [-0.1, -0.05) is 11.6 Å². The van der Waals surface area contributed by atoms with Crippen LogP contribution in [0.3, 0.4) is 0 Å². The van der Waals surface area contributed by atoms with Crippen molar-refractivity contribution in [2.45, 2.75) is 24.5 Å². The zero-order chi connectivity index (χ0) is 11.8. The van der Waals surface area contributed by atoms with Gasteiger partial charge in [0.1, 0.15) is 6.04 Å². The van der Waals surface area contributed by atoms with Crippen molar-refractivity contribution in [3.05, 3.63) is 11.6 Å². The standard InChI is InChI=1S/C12H19N5/c1-17-12-9(8-3-2-4-14-6-8)7-15-11(12)10(5-13)16-17/h3,9-12,14-16H,2,4,6-7H2,1H3. The van der Waals surface area contributed by atoms with E-state index in [1.165, 1.54) is 5.57 Å². The minimum atomic E-state index is -0.0906. The van der Waals surface area contributed by atoms with Gasteiger partial charge < -0.3 is 10.6 Å². The minimum Gasteiger partial charge on any atom is -0.313 e. The van der Waals surface area contributed by atoms with Gasteiger partial charge in [0.15, 0.2) is 0 Å². The van der Waals surface area contributed by atoms with E-state index in [0.29, 0.717) is 12.0 Å². The highest BCUT2D eigenvalue weighted by molar-refractivity contribution is 5.23. The molecule has 5 heteroatoms. The highest BCUT2D eigenvalue weighted by Crippen LogP contribution is 2.31. The molecule has 4 unspecified atom stereocenters. The van der Waals surface area contributed by atoms with Crippen molar-refractivity contribution < 1.29 is 0 Å². The Balaban J connectivity index is 1.81. The molecule has 0 spiro atoms. The van der Waals surface area contributed by atoms with Crippen molar-refractivity contribution in [1.82, 2.24) is 21.1 Å². The van der Waals surface area contributed by atoms with Crippen molar-refractivity contribution in [2.24, 2.45) is 5.92 Å². The smallest absolute Gasteiger partial charge is 0.125 e. The number of hydrogen-bond donors (Lipinski definition) is 3. The van der Waals surface area contributed by atoms with Gasteiger partial charge in [-0.25, -0.2) is 10.4 Å². The van der Waals surface area contributed by atoms with Crippen LogP contribution in [0.4, 0.5) is 0 Å². The van der Waals surface area contributed by atoms with Gasteiger partial charge in [0.05, 0.1) is 12.1 Å². The lowest BCUT2D eigenvalue weighted by Gasteiger charge is -2.28. The van der Waals surface area contributed by atoms with Crippen molar-refractivity contribution >= 4 is 0 Å². The fraction of sp³-hybridized carbons (Fsp3) is 0.750. The number of nitrogens with zero attached hydrogens (tertiary/aromatic N) is 2. The molecule has 0 bridgehead atoms. The van der Waals surface area contributed by atoms with Crippen LogP contribution in [-0.4, -0.2) is 49.8 Å². The first-order chi connectivity index (χ1) is 8.31. The van der Waals surface area contributed by atoms with Crippen LogP contribution in [0.1, 0.15) is 6.42 Å². The molecule has 0 aliphatic carbocycles. The van der Waals surface area contributed by atoms with E-state index < -0.39 is 0 Å². The largest absolute Gasteiger partial charge is 0.313 e. The monoisotopic (exact) mass is 233 g/mol. The Morgan fingerprint density at radius 3 is 3.12 bits per heavy atom. The molecule has 4 atom stereocenters. The first-order valence-corrected chi connectivity index (χ1v) is 6.33. The zero-order valence-electron chi connectivity index (χ0n) is 10.1. The molecule has 3 aliphatic rings. The molecule has 5 nitrogen and oxygen atoms in total. The van der Waals surface area contributed by atoms with E-state index in [1.54, 1.807) is 0 Å². The van der Waals surface area contributed by atoms with E-state index in [1.807, 2.05) is 7.05 Å². The Labute approximate surface area is 102 Å². The zero-order valence-corrected chi connectivity index (χ0v) is 10.1. The third kappa shape index (κ3) is 1.78. The molecule has 17 heavy (non-hydrogen) atoms. The molecule has 92 valence electrons. The summed E-state index contributed by atoms with van der Waals surface area (Å²) >= 11 is 0. The van der Waals surface area contributed by atoms with E-state index in [4.69, 9.17) is 5.26 Å². The van der Waals surface area contributed by atoms with E-state index in [0.717, 1.165) is 26.1 Å². The normalized spacial score (nSPS) is 42.0. The van der Waals surface area contributed by atoms with Crippen LogP contribution in [0.5, 0.6) is 0 Å². The maximum atomic E-state index is 9.12. The summed E-state index contributed by atoms with van der Waals surface area (Å²) in [5.74, 6) is 0.531. The number of hydrogen-bond acceptors (Lipinski definition) is 5. The summed E-state index contributed by atoms with van der Waals surface area (Å²) in [6.07, 6.45) is 3.50. The van der Waals surface area contributed by atoms with E-state index >= 15 is 0 Å². The Bertz CT molecular complexity index is 372. The Morgan fingerprint density at radius 2 is 2.41 bits per heavy atom. The van der Waals surface area contributed by atoms with Gasteiger partial charge in [-0.05, 0) is 13.0 Å². The van der Waals surface area contributed by atoms with Crippen LogP contribution >= 0.6 is 0 Å². The second kappa shape index (κ2) is 4.39. The summed E-state index contributed by atoms with van der Waals surface area (Å²) in [5, 5.41) is 18.2. The van der Waals surface area contributed by atoms with Crippen molar-refractivity contribution in [2.75, 3.05) is 26.7 Å². The molecule has 0 saturated carbocycles. The predicted molar refractivity (Wildman–Crippen MR) is 64.9 cm³/mol. The van der Waals surface area contributed by atoms with Crippen LogP contribution in [0.15, 0.2) is 11.6 Å².